The fourth-order valence-electron chi connectivity index (χ4n) is 0.645. The Balaban J connectivity index is 2.77. The lowest BCUT2D eigenvalue weighted by molar-refractivity contribution is 1.09. The highest BCUT2D eigenvalue weighted by molar-refractivity contribution is 5.31. The van der Waals surface area contributed by atoms with Crippen molar-refractivity contribution in [2.24, 2.45) is 0 Å². The Hall–Kier alpha value is -0.980. The Labute approximate surface area is 49.4 Å². The molecule has 1 heterocycles. The van der Waals surface area contributed by atoms with Gasteiger partial charge in [0.25, 0.3) is 0 Å². The van der Waals surface area contributed by atoms with Crippen LogP contribution in [0.3, 0.4) is 0 Å². The van der Waals surface area contributed by atoms with Gasteiger partial charge in [-0.25, -0.2) is 0 Å². The van der Waals surface area contributed by atoms with E-state index in [1.807, 2.05) is 25.3 Å². The molecule has 0 aromatic rings. The molecule has 0 aromatic carbocycles. The second-order valence-electron chi connectivity index (χ2n) is 1.89. The van der Waals surface area contributed by atoms with Gasteiger partial charge in [-0.1, -0.05) is 6.58 Å². The van der Waals surface area contributed by atoms with Crippen LogP contribution in [0, 0.1) is 0 Å². The topological polar surface area (TPSA) is 12.0 Å². The summed E-state index contributed by atoms with van der Waals surface area (Å²) in [5.41, 5.74) is 2.21. The van der Waals surface area contributed by atoms with Gasteiger partial charge < -0.3 is 5.32 Å². The van der Waals surface area contributed by atoms with Crippen LogP contribution in [-0.2, 0) is 0 Å². The molecule has 0 spiro atoms. The predicted octanol–water partition coefficient (Wildman–Crippen LogP) is 1.56. The Morgan fingerprint density at radius 1 is 1.62 bits per heavy atom. The molecule has 0 atom stereocenters. The van der Waals surface area contributed by atoms with Crippen LogP contribution >= 0.6 is 0 Å². The van der Waals surface area contributed by atoms with E-state index in [9.17, 15) is 0 Å². The SMILES string of the molecule is C=C1C=C(C)C=CN1. The van der Waals surface area contributed by atoms with E-state index >= 15 is 0 Å². The molecule has 8 heavy (non-hydrogen) atoms. The summed E-state index contributed by atoms with van der Waals surface area (Å²) in [4.78, 5) is 0. The van der Waals surface area contributed by atoms with Crippen molar-refractivity contribution in [1.82, 2.24) is 5.32 Å². The third-order valence-electron chi connectivity index (χ3n) is 1.02. The first-order valence-corrected chi connectivity index (χ1v) is 2.59. The average molecular weight is 107 g/mol. The van der Waals surface area contributed by atoms with Crippen molar-refractivity contribution in [2.45, 2.75) is 6.92 Å². The third-order valence-corrected chi connectivity index (χ3v) is 1.02. The highest BCUT2D eigenvalue weighted by atomic mass is 14.8. The van der Waals surface area contributed by atoms with Crippen LogP contribution < -0.4 is 5.32 Å². The first kappa shape index (κ1) is 5.16. The minimum Gasteiger partial charge on any atom is -0.362 e. The van der Waals surface area contributed by atoms with Crippen molar-refractivity contribution in [2.75, 3.05) is 0 Å². The summed E-state index contributed by atoms with van der Waals surface area (Å²) >= 11 is 0. The normalized spacial score (nSPS) is 17.6. The van der Waals surface area contributed by atoms with Crippen molar-refractivity contribution < 1.29 is 0 Å². The van der Waals surface area contributed by atoms with Crippen LogP contribution in [0.4, 0.5) is 0 Å². The minimum atomic E-state index is 0.963. The van der Waals surface area contributed by atoms with Crippen molar-refractivity contribution in [3.05, 3.63) is 36.2 Å². The average Bonchev–Trinajstić information content (AvgIpc) is 1.64. The van der Waals surface area contributed by atoms with Crippen molar-refractivity contribution in [3.63, 3.8) is 0 Å². The number of rotatable bonds is 0. The van der Waals surface area contributed by atoms with Gasteiger partial charge >= 0.3 is 0 Å². The highest BCUT2D eigenvalue weighted by Gasteiger charge is 1.90. The molecule has 0 unspecified atom stereocenters. The van der Waals surface area contributed by atoms with Gasteiger partial charge in [-0.2, -0.15) is 0 Å². The smallest absolute Gasteiger partial charge is 0.0309 e. The second-order valence-corrected chi connectivity index (χ2v) is 1.89. The monoisotopic (exact) mass is 107 g/mol. The van der Waals surface area contributed by atoms with E-state index in [0.29, 0.717) is 0 Å². The van der Waals surface area contributed by atoms with Gasteiger partial charge in [0.2, 0.25) is 0 Å². The molecular weight excluding hydrogens is 98.1 g/mol. The molecule has 0 fully saturated rings. The van der Waals surface area contributed by atoms with Gasteiger partial charge in [0, 0.05) is 11.9 Å². The molecule has 0 saturated heterocycles. The number of hydrogen-bond donors (Lipinski definition) is 1. The lowest BCUT2D eigenvalue weighted by atomic mass is 10.2. The molecule has 0 amide bonds. The van der Waals surface area contributed by atoms with E-state index in [2.05, 4.69) is 11.9 Å². The summed E-state index contributed by atoms with van der Waals surface area (Å²) in [5.74, 6) is 0. The molecule has 1 N–H and O–H groups in total. The molecule has 1 aliphatic heterocycles. The number of hydrogen-bond acceptors (Lipinski definition) is 1. The Morgan fingerprint density at radius 2 is 2.38 bits per heavy atom. The molecule has 1 heteroatoms. The highest BCUT2D eigenvalue weighted by Crippen LogP contribution is 2.02. The fraction of sp³-hybridized carbons (Fsp3) is 0.143. The summed E-state index contributed by atoms with van der Waals surface area (Å²) in [6, 6.07) is 0. The fourth-order valence-corrected chi connectivity index (χ4v) is 0.645. The first-order chi connectivity index (χ1) is 3.79. The van der Waals surface area contributed by atoms with Crippen LogP contribution in [0.5, 0.6) is 0 Å². The number of allylic oxidation sites excluding steroid dienone is 3. The molecular formula is C7H9N. The summed E-state index contributed by atoms with van der Waals surface area (Å²) in [5, 5.41) is 2.96. The minimum absolute atomic E-state index is 0.963. The third kappa shape index (κ3) is 0.997. The zero-order valence-corrected chi connectivity index (χ0v) is 4.94. The summed E-state index contributed by atoms with van der Waals surface area (Å²) in [6.07, 6.45) is 5.90. The van der Waals surface area contributed by atoms with E-state index in [1.54, 1.807) is 0 Å². The number of dihydropyridines is 1. The molecule has 0 radical (unpaired) electrons. The number of nitrogens with one attached hydrogen (secondary N) is 1. The quantitative estimate of drug-likeness (QED) is 0.495. The predicted molar refractivity (Wildman–Crippen MR) is 35.2 cm³/mol. The lowest BCUT2D eigenvalue weighted by Gasteiger charge is -2.04. The van der Waals surface area contributed by atoms with Crippen LogP contribution in [0.25, 0.3) is 0 Å². The Bertz CT molecular complexity index is 163. The van der Waals surface area contributed by atoms with Gasteiger partial charge in [-0.05, 0) is 24.6 Å². The Morgan fingerprint density at radius 3 is 2.75 bits per heavy atom. The largest absolute Gasteiger partial charge is 0.362 e. The van der Waals surface area contributed by atoms with Crippen molar-refractivity contribution in [1.29, 1.82) is 0 Å². The second kappa shape index (κ2) is 1.86. The summed E-state index contributed by atoms with van der Waals surface area (Å²) in [7, 11) is 0. The van der Waals surface area contributed by atoms with Crippen LogP contribution in [-0.4, -0.2) is 0 Å². The zero-order valence-electron chi connectivity index (χ0n) is 4.94. The van der Waals surface area contributed by atoms with Crippen molar-refractivity contribution >= 4 is 0 Å². The standard InChI is InChI=1S/C7H9N/c1-6-3-4-8-7(2)5-6/h3-5,8H,2H2,1H3. The maximum absolute atomic E-state index is 3.73. The van der Waals surface area contributed by atoms with E-state index in [1.165, 1.54) is 5.57 Å². The molecule has 1 rings (SSSR count). The lowest BCUT2D eigenvalue weighted by Crippen LogP contribution is -2.04. The molecule has 0 aliphatic carbocycles. The van der Waals surface area contributed by atoms with Crippen LogP contribution in [0.1, 0.15) is 6.92 Å². The molecule has 0 saturated carbocycles. The maximum atomic E-state index is 3.73. The van der Waals surface area contributed by atoms with E-state index in [-0.39, 0.29) is 0 Å². The molecule has 42 valence electrons. The molecule has 0 bridgehead atoms. The van der Waals surface area contributed by atoms with Gasteiger partial charge in [0.1, 0.15) is 0 Å². The van der Waals surface area contributed by atoms with Gasteiger partial charge in [-0.15, -0.1) is 0 Å². The summed E-state index contributed by atoms with van der Waals surface area (Å²) in [6.45, 7) is 5.77. The van der Waals surface area contributed by atoms with Crippen molar-refractivity contribution in [3.8, 4) is 0 Å². The van der Waals surface area contributed by atoms with Gasteiger partial charge in [-0.3, -0.25) is 0 Å². The van der Waals surface area contributed by atoms with Crippen LogP contribution in [0.15, 0.2) is 36.2 Å². The van der Waals surface area contributed by atoms with Gasteiger partial charge in [0.05, 0.1) is 0 Å². The maximum Gasteiger partial charge on any atom is 0.0309 e. The zero-order chi connectivity index (χ0) is 5.98. The van der Waals surface area contributed by atoms with Crippen LogP contribution in [0.2, 0.25) is 0 Å². The Kier molecular flexibility index (Phi) is 1.20. The van der Waals surface area contributed by atoms with E-state index in [4.69, 9.17) is 0 Å². The van der Waals surface area contributed by atoms with E-state index < -0.39 is 0 Å². The molecule has 0 aromatic heterocycles. The first-order valence-electron chi connectivity index (χ1n) is 2.59. The molecule has 1 nitrogen and oxygen atoms in total. The van der Waals surface area contributed by atoms with E-state index in [0.717, 1.165) is 5.70 Å². The molecule has 1 aliphatic rings. The van der Waals surface area contributed by atoms with Gasteiger partial charge in [0.15, 0.2) is 0 Å². The summed E-state index contributed by atoms with van der Waals surface area (Å²) < 4.78 is 0.